The lowest BCUT2D eigenvalue weighted by molar-refractivity contribution is 0.312. The third-order valence-electron chi connectivity index (χ3n) is 2.24. The number of benzene rings is 1. The van der Waals surface area contributed by atoms with E-state index < -0.39 is 0 Å². The number of halogens is 1. The number of unbranched alkanes of at least 4 members (excludes halogenated alkanes) is 1. The number of hydrogen-bond donors (Lipinski definition) is 1. The topological polar surface area (TPSA) is 35.2 Å². The van der Waals surface area contributed by atoms with Gasteiger partial charge in [-0.2, -0.15) is 0 Å². The fourth-order valence-electron chi connectivity index (χ4n) is 1.39. The van der Waals surface area contributed by atoms with Crippen LogP contribution in [0.2, 0.25) is 5.02 Å². The highest BCUT2D eigenvalue weighted by Gasteiger charge is 2.02. The first kappa shape index (κ1) is 13.1. The van der Waals surface area contributed by atoms with E-state index in [1.807, 2.05) is 24.3 Å². The maximum absolute atomic E-state index is 6.09. The van der Waals surface area contributed by atoms with Crippen LogP contribution in [-0.2, 0) is 6.42 Å². The molecule has 0 atom stereocenters. The van der Waals surface area contributed by atoms with Crippen LogP contribution in [0.5, 0.6) is 5.75 Å². The Hall–Kier alpha value is -0.990. The second-order valence-electron chi connectivity index (χ2n) is 3.58. The zero-order chi connectivity index (χ0) is 11.8. The van der Waals surface area contributed by atoms with Crippen LogP contribution in [0.3, 0.4) is 0 Å². The number of rotatable bonds is 7. The molecule has 16 heavy (non-hydrogen) atoms. The molecule has 0 bridgehead atoms. The zero-order valence-electron chi connectivity index (χ0n) is 9.42. The second kappa shape index (κ2) is 7.31. The van der Waals surface area contributed by atoms with Crippen molar-refractivity contribution in [2.24, 2.45) is 5.73 Å². The third kappa shape index (κ3) is 4.25. The van der Waals surface area contributed by atoms with Crippen molar-refractivity contribution in [3.63, 3.8) is 0 Å². The lowest BCUT2D eigenvalue weighted by Crippen LogP contribution is -2.03. The molecule has 1 aromatic carbocycles. The van der Waals surface area contributed by atoms with Crippen molar-refractivity contribution in [1.29, 1.82) is 0 Å². The molecule has 0 amide bonds. The molecule has 0 aromatic heterocycles. The smallest absolute Gasteiger partial charge is 0.137 e. The molecule has 0 unspecified atom stereocenters. The van der Waals surface area contributed by atoms with Crippen LogP contribution < -0.4 is 10.5 Å². The van der Waals surface area contributed by atoms with Crippen LogP contribution in [0, 0.1) is 0 Å². The van der Waals surface area contributed by atoms with E-state index in [1.54, 1.807) is 0 Å². The van der Waals surface area contributed by atoms with Crippen molar-refractivity contribution < 1.29 is 4.74 Å². The zero-order valence-corrected chi connectivity index (χ0v) is 10.2. The van der Waals surface area contributed by atoms with Crippen molar-refractivity contribution in [1.82, 2.24) is 0 Å². The Morgan fingerprint density at radius 2 is 2.25 bits per heavy atom. The summed E-state index contributed by atoms with van der Waals surface area (Å²) in [6.07, 6.45) is 4.65. The lowest BCUT2D eigenvalue weighted by Gasteiger charge is -2.08. The lowest BCUT2D eigenvalue weighted by atomic mass is 10.1. The first-order chi connectivity index (χ1) is 7.77. The molecule has 0 fully saturated rings. The van der Waals surface area contributed by atoms with E-state index in [2.05, 4.69) is 6.58 Å². The Kier molecular flexibility index (Phi) is 5.98. The Morgan fingerprint density at radius 1 is 1.44 bits per heavy atom. The minimum absolute atomic E-state index is 0.635. The Morgan fingerprint density at radius 3 is 2.88 bits per heavy atom. The number of allylic oxidation sites excluding steroid dienone is 1. The molecule has 0 aliphatic heterocycles. The number of hydrogen-bond acceptors (Lipinski definition) is 2. The van der Waals surface area contributed by atoms with E-state index in [0.717, 1.165) is 30.6 Å². The van der Waals surface area contributed by atoms with Crippen LogP contribution in [0.4, 0.5) is 0 Å². The normalized spacial score (nSPS) is 10.1. The molecule has 0 aliphatic rings. The monoisotopic (exact) mass is 239 g/mol. The SMILES string of the molecule is C=CCCCOc1ccc(CCN)cc1Cl. The summed E-state index contributed by atoms with van der Waals surface area (Å²) < 4.78 is 5.56. The highest BCUT2D eigenvalue weighted by molar-refractivity contribution is 6.32. The molecule has 0 aliphatic carbocycles. The van der Waals surface area contributed by atoms with E-state index in [0.29, 0.717) is 18.2 Å². The molecule has 2 N–H and O–H groups in total. The fourth-order valence-corrected chi connectivity index (χ4v) is 1.65. The van der Waals surface area contributed by atoms with Crippen molar-refractivity contribution in [2.45, 2.75) is 19.3 Å². The second-order valence-corrected chi connectivity index (χ2v) is 3.99. The van der Waals surface area contributed by atoms with E-state index in [9.17, 15) is 0 Å². The van der Waals surface area contributed by atoms with E-state index >= 15 is 0 Å². The van der Waals surface area contributed by atoms with Gasteiger partial charge in [0, 0.05) is 0 Å². The summed E-state index contributed by atoms with van der Waals surface area (Å²) in [4.78, 5) is 0. The van der Waals surface area contributed by atoms with Gasteiger partial charge in [-0.1, -0.05) is 23.7 Å². The molecule has 1 rings (SSSR count). The molecule has 3 heteroatoms. The van der Waals surface area contributed by atoms with Gasteiger partial charge in [-0.3, -0.25) is 0 Å². The predicted octanol–water partition coefficient (Wildman–Crippen LogP) is 3.19. The average molecular weight is 240 g/mol. The minimum atomic E-state index is 0.635. The van der Waals surface area contributed by atoms with Crippen LogP contribution in [0.15, 0.2) is 30.9 Å². The summed E-state index contributed by atoms with van der Waals surface area (Å²) in [6.45, 7) is 4.96. The molecule has 0 saturated carbocycles. The maximum Gasteiger partial charge on any atom is 0.137 e. The molecule has 0 saturated heterocycles. The van der Waals surface area contributed by atoms with Gasteiger partial charge in [-0.25, -0.2) is 0 Å². The summed E-state index contributed by atoms with van der Waals surface area (Å²) in [7, 11) is 0. The van der Waals surface area contributed by atoms with Gasteiger partial charge >= 0.3 is 0 Å². The summed E-state index contributed by atoms with van der Waals surface area (Å²) in [5.74, 6) is 0.742. The van der Waals surface area contributed by atoms with Crippen LogP contribution in [0.25, 0.3) is 0 Å². The first-order valence-electron chi connectivity index (χ1n) is 5.50. The third-order valence-corrected chi connectivity index (χ3v) is 2.53. The van der Waals surface area contributed by atoms with Gasteiger partial charge in [0.25, 0.3) is 0 Å². The van der Waals surface area contributed by atoms with Gasteiger partial charge in [0.2, 0.25) is 0 Å². The summed E-state index contributed by atoms with van der Waals surface area (Å²) >= 11 is 6.09. The molecule has 1 aromatic rings. The minimum Gasteiger partial charge on any atom is -0.492 e. The van der Waals surface area contributed by atoms with Gasteiger partial charge in [0.1, 0.15) is 5.75 Å². The summed E-state index contributed by atoms with van der Waals surface area (Å²) in [5, 5.41) is 0.657. The predicted molar refractivity (Wildman–Crippen MR) is 69.1 cm³/mol. The first-order valence-corrected chi connectivity index (χ1v) is 5.88. The van der Waals surface area contributed by atoms with Gasteiger partial charge in [-0.15, -0.1) is 6.58 Å². The van der Waals surface area contributed by atoms with Crippen molar-refractivity contribution in [3.05, 3.63) is 41.4 Å². The quantitative estimate of drug-likeness (QED) is 0.586. The number of ether oxygens (including phenoxy) is 1. The van der Waals surface area contributed by atoms with E-state index in [-0.39, 0.29) is 0 Å². The van der Waals surface area contributed by atoms with Gasteiger partial charge < -0.3 is 10.5 Å². The molecule has 0 heterocycles. The molecule has 88 valence electrons. The van der Waals surface area contributed by atoms with E-state index in [4.69, 9.17) is 22.1 Å². The Balaban J connectivity index is 2.50. The van der Waals surface area contributed by atoms with Crippen molar-refractivity contribution in [3.8, 4) is 5.75 Å². The van der Waals surface area contributed by atoms with Gasteiger partial charge in [-0.05, 0) is 43.5 Å². The maximum atomic E-state index is 6.09. The molecule has 0 radical (unpaired) electrons. The van der Waals surface area contributed by atoms with Crippen LogP contribution in [-0.4, -0.2) is 13.2 Å². The van der Waals surface area contributed by atoms with Gasteiger partial charge in [0.15, 0.2) is 0 Å². The van der Waals surface area contributed by atoms with Gasteiger partial charge in [0.05, 0.1) is 11.6 Å². The van der Waals surface area contributed by atoms with Crippen LogP contribution >= 0.6 is 11.6 Å². The fraction of sp³-hybridized carbons (Fsp3) is 0.385. The molecule has 2 nitrogen and oxygen atoms in total. The van der Waals surface area contributed by atoms with Crippen molar-refractivity contribution >= 4 is 11.6 Å². The highest BCUT2D eigenvalue weighted by atomic mass is 35.5. The number of nitrogens with two attached hydrogens (primary N) is 1. The van der Waals surface area contributed by atoms with E-state index in [1.165, 1.54) is 0 Å². The molecular weight excluding hydrogens is 222 g/mol. The largest absolute Gasteiger partial charge is 0.492 e. The highest BCUT2D eigenvalue weighted by Crippen LogP contribution is 2.25. The standard InChI is InChI=1S/C13H18ClNO/c1-2-3-4-9-16-13-6-5-11(7-8-15)10-12(13)14/h2,5-6,10H,1,3-4,7-9,15H2. The molecular formula is C13H18ClNO. The molecule has 0 spiro atoms. The Labute approximate surface area is 102 Å². The Bertz CT molecular complexity index is 339. The summed E-state index contributed by atoms with van der Waals surface area (Å²) in [6, 6.07) is 5.82. The average Bonchev–Trinajstić information content (AvgIpc) is 2.27. The van der Waals surface area contributed by atoms with Crippen LogP contribution in [0.1, 0.15) is 18.4 Å². The van der Waals surface area contributed by atoms with Crippen molar-refractivity contribution in [2.75, 3.05) is 13.2 Å². The summed E-state index contributed by atoms with van der Waals surface area (Å²) in [5.41, 5.74) is 6.62.